The number of aliphatic hydroxyl groups excluding tert-OH is 1. The van der Waals surface area contributed by atoms with E-state index in [2.05, 4.69) is 11.1 Å². The third-order valence-electron chi connectivity index (χ3n) is 3.61. The van der Waals surface area contributed by atoms with Gasteiger partial charge in [-0.05, 0) is 24.3 Å². The van der Waals surface area contributed by atoms with Crippen molar-refractivity contribution in [1.29, 1.82) is 5.26 Å². The monoisotopic (exact) mass is 361 g/mol. The number of benzene rings is 2. The summed E-state index contributed by atoms with van der Waals surface area (Å²) in [6.45, 7) is 0.211. The van der Waals surface area contributed by atoms with Crippen molar-refractivity contribution in [2.24, 2.45) is 0 Å². The third kappa shape index (κ3) is 3.31. The lowest BCUT2D eigenvalue weighted by atomic mass is 10.2. The predicted molar refractivity (Wildman–Crippen MR) is 92.0 cm³/mol. The maximum Gasteiger partial charge on any atom is 0.247 e. The van der Waals surface area contributed by atoms with Gasteiger partial charge in [0, 0.05) is 5.56 Å². The van der Waals surface area contributed by atoms with Crippen LogP contribution in [0, 0.1) is 11.3 Å². The Bertz CT molecular complexity index is 916. The number of hydrogen-bond acceptors (Lipinski definition) is 4. The molecule has 5 nitrogen and oxygen atoms in total. The highest BCUT2D eigenvalue weighted by Gasteiger charge is 2.14. The van der Waals surface area contributed by atoms with E-state index in [1.54, 1.807) is 18.2 Å². The van der Waals surface area contributed by atoms with E-state index in [0.29, 0.717) is 29.2 Å². The molecule has 3 aromatic rings. The molecule has 0 aliphatic heterocycles. The predicted octanol–water partition coefficient (Wildman–Crippen LogP) is 3.59. The molecule has 0 saturated heterocycles. The van der Waals surface area contributed by atoms with Gasteiger partial charge in [0.2, 0.25) is 5.02 Å². The summed E-state index contributed by atoms with van der Waals surface area (Å²) in [4.78, 5) is 4.40. The van der Waals surface area contributed by atoms with Crippen LogP contribution >= 0.6 is 23.2 Å². The number of nitriles is 1. The lowest BCUT2D eigenvalue weighted by molar-refractivity contribution is 0.266. The molecule has 0 aliphatic rings. The quantitative estimate of drug-likeness (QED) is 0.704. The van der Waals surface area contributed by atoms with Gasteiger partial charge < -0.3 is 14.4 Å². The van der Waals surface area contributed by atoms with Crippen LogP contribution in [-0.2, 0) is 13.2 Å². The molecule has 0 unspecified atom stereocenters. The van der Waals surface area contributed by atoms with Crippen molar-refractivity contribution < 1.29 is 9.84 Å². The first-order chi connectivity index (χ1) is 11.6. The second-order valence-electron chi connectivity index (χ2n) is 5.07. The summed E-state index contributed by atoms with van der Waals surface area (Å²) in [6.07, 6.45) is 0. The first-order valence-corrected chi connectivity index (χ1v) is 8.02. The molecule has 3 rings (SSSR count). The smallest absolute Gasteiger partial charge is 0.247 e. The Kier molecular flexibility index (Phi) is 4.91. The number of aliphatic hydroxyl groups is 1. The maximum absolute atomic E-state index is 9.62. The normalized spacial score (nSPS) is 11.0. The number of alkyl halides is 2. The third-order valence-corrected chi connectivity index (χ3v) is 3.79. The highest BCUT2D eigenvalue weighted by molar-refractivity contribution is 6.43. The number of hydrogen-bond donors (Lipinski definition) is 1. The summed E-state index contributed by atoms with van der Waals surface area (Å²) in [7, 11) is 0. The molecule has 1 N–H and O–H groups in total. The van der Waals surface area contributed by atoms with Gasteiger partial charge in [0.05, 0.1) is 29.2 Å². The lowest BCUT2D eigenvalue weighted by Crippen LogP contribution is -2.08. The molecule has 0 spiro atoms. The summed E-state index contributed by atoms with van der Waals surface area (Å²) in [5.74, 6) is 1.06. The maximum atomic E-state index is 9.62. The number of rotatable bonds is 5. The number of nitrogens with zero attached hydrogens (tertiary/aromatic N) is 3. The number of ether oxygens (including phenoxy) is 1. The molecule has 24 heavy (non-hydrogen) atoms. The minimum atomic E-state index is -0.971. The Morgan fingerprint density at radius 3 is 2.75 bits per heavy atom. The summed E-state index contributed by atoms with van der Waals surface area (Å²) in [5.41, 5.74) is 2.85. The highest BCUT2D eigenvalue weighted by atomic mass is 35.5. The van der Waals surface area contributed by atoms with Crippen LogP contribution in [0.1, 0.15) is 17.0 Å². The van der Waals surface area contributed by atoms with Gasteiger partial charge in [0.25, 0.3) is 0 Å². The van der Waals surface area contributed by atoms with Crippen molar-refractivity contribution in [3.05, 3.63) is 59.4 Å². The molecule has 0 atom stereocenters. The van der Waals surface area contributed by atoms with Gasteiger partial charge in [-0.25, -0.2) is 4.98 Å². The molecule has 2 aromatic carbocycles. The molecule has 0 fully saturated rings. The zero-order valence-electron chi connectivity index (χ0n) is 12.5. The van der Waals surface area contributed by atoms with Crippen molar-refractivity contribution in [1.82, 2.24) is 9.55 Å². The van der Waals surface area contributed by atoms with E-state index in [1.165, 1.54) is 0 Å². The van der Waals surface area contributed by atoms with Gasteiger partial charge in [-0.15, -0.1) is 0 Å². The molecule has 0 aliphatic carbocycles. The topological polar surface area (TPSA) is 71.1 Å². The van der Waals surface area contributed by atoms with Crippen molar-refractivity contribution in [2.45, 2.75) is 18.2 Å². The first kappa shape index (κ1) is 16.6. The molecule has 0 amide bonds. The zero-order chi connectivity index (χ0) is 17.1. The Hall–Kier alpha value is -2.26. The summed E-state index contributed by atoms with van der Waals surface area (Å²) in [6, 6.07) is 14.7. The molecule has 1 aromatic heterocycles. The van der Waals surface area contributed by atoms with E-state index in [4.69, 9.17) is 33.2 Å². The minimum absolute atomic E-state index is 0.215. The molecular formula is C17H13Cl2N3O2. The molecule has 0 radical (unpaired) electrons. The molecule has 7 heteroatoms. The first-order valence-electron chi connectivity index (χ1n) is 7.15. The Labute approximate surface area is 148 Å². The van der Waals surface area contributed by atoms with Gasteiger partial charge in [-0.1, -0.05) is 41.4 Å². The zero-order valence-corrected chi connectivity index (χ0v) is 14.0. The molecule has 0 saturated carbocycles. The fourth-order valence-electron chi connectivity index (χ4n) is 2.56. The van der Waals surface area contributed by atoms with Gasteiger partial charge in [-0.2, -0.15) is 5.26 Å². The number of aromatic nitrogens is 2. The summed E-state index contributed by atoms with van der Waals surface area (Å²) < 4.78 is 7.28. The SMILES string of the molecule is N#Cc1ccc2c(c1)nc(CO)n2Cc1ccccc1OC(Cl)Cl. The number of imidazole rings is 1. The molecule has 0 bridgehead atoms. The van der Waals surface area contributed by atoms with Crippen LogP contribution in [0.15, 0.2) is 42.5 Å². The number of fused-ring (bicyclic) bond motifs is 1. The number of para-hydroxylation sites is 1. The van der Waals surface area contributed by atoms with E-state index in [9.17, 15) is 5.11 Å². The molecular weight excluding hydrogens is 349 g/mol. The van der Waals surface area contributed by atoms with E-state index in [0.717, 1.165) is 11.1 Å². The average molecular weight is 362 g/mol. The fourth-order valence-corrected chi connectivity index (χ4v) is 2.75. The second-order valence-corrected chi connectivity index (χ2v) is 6.09. The standard InChI is InChI=1S/C17H13Cl2N3O2/c18-17(19)24-15-4-2-1-3-12(15)9-22-14-6-5-11(8-20)7-13(14)21-16(22)10-23/h1-7,17,23H,9-10H2. The van der Waals surface area contributed by atoms with Crippen LogP contribution in [-0.4, -0.2) is 19.7 Å². The summed E-state index contributed by atoms with van der Waals surface area (Å²) >= 11 is 11.4. The fraction of sp³-hybridized carbons (Fsp3) is 0.176. The van der Waals surface area contributed by atoms with Crippen LogP contribution in [0.5, 0.6) is 5.75 Å². The highest BCUT2D eigenvalue weighted by Crippen LogP contribution is 2.25. The largest absolute Gasteiger partial charge is 0.460 e. The van der Waals surface area contributed by atoms with Crippen molar-refractivity contribution in [2.75, 3.05) is 0 Å². The minimum Gasteiger partial charge on any atom is -0.460 e. The summed E-state index contributed by atoms with van der Waals surface area (Å²) in [5, 5.41) is 17.7. The molecule has 122 valence electrons. The van der Waals surface area contributed by atoms with Crippen LogP contribution in [0.2, 0.25) is 0 Å². The van der Waals surface area contributed by atoms with E-state index < -0.39 is 5.02 Å². The second kappa shape index (κ2) is 7.10. The molecule has 1 heterocycles. The van der Waals surface area contributed by atoms with Crippen LogP contribution in [0.4, 0.5) is 0 Å². The van der Waals surface area contributed by atoms with Gasteiger partial charge in [0.1, 0.15) is 18.2 Å². The van der Waals surface area contributed by atoms with Crippen molar-refractivity contribution >= 4 is 34.2 Å². The van der Waals surface area contributed by atoms with Crippen LogP contribution in [0.3, 0.4) is 0 Å². The van der Waals surface area contributed by atoms with Gasteiger partial charge in [-0.3, -0.25) is 0 Å². The van der Waals surface area contributed by atoms with E-state index in [1.807, 2.05) is 28.8 Å². The Balaban J connectivity index is 2.06. The van der Waals surface area contributed by atoms with Gasteiger partial charge >= 0.3 is 0 Å². The van der Waals surface area contributed by atoms with E-state index in [-0.39, 0.29) is 6.61 Å². The van der Waals surface area contributed by atoms with Crippen molar-refractivity contribution in [3.8, 4) is 11.8 Å². The Morgan fingerprint density at radius 2 is 2.04 bits per heavy atom. The van der Waals surface area contributed by atoms with Crippen LogP contribution in [0.25, 0.3) is 11.0 Å². The average Bonchev–Trinajstić information content (AvgIpc) is 2.93. The van der Waals surface area contributed by atoms with E-state index >= 15 is 0 Å². The van der Waals surface area contributed by atoms with Crippen LogP contribution < -0.4 is 4.74 Å². The van der Waals surface area contributed by atoms with Gasteiger partial charge in [0.15, 0.2) is 0 Å². The number of halogens is 2. The Morgan fingerprint density at radius 1 is 1.25 bits per heavy atom. The lowest BCUT2D eigenvalue weighted by Gasteiger charge is -2.14. The van der Waals surface area contributed by atoms with Crippen molar-refractivity contribution in [3.63, 3.8) is 0 Å².